The molecule has 2 rings (SSSR count). The fourth-order valence-electron chi connectivity index (χ4n) is 2.46. The molecule has 0 fully saturated rings. The van der Waals surface area contributed by atoms with Gasteiger partial charge in [0.25, 0.3) is 0 Å². The van der Waals surface area contributed by atoms with Gasteiger partial charge in [0, 0.05) is 24.8 Å². The van der Waals surface area contributed by atoms with Gasteiger partial charge in [0.2, 0.25) is 0 Å². The third kappa shape index (κ3) is 2.87. The van der Waals surface area contributed by atoms with E-state index in [9.17, 15) is 0 Å². The zero-order valence-corrected chi connectivity index (χ0v) is 12.3. The lowest BCUT2D eigenvalue weighted by molar-refractivity contribution is 0.653. The smallest absolute Gasteiger partial charge is 0.0702 e. The first-order valence-electron chi connectivity index (χ1n) is 6.96. The molecule has 0 saturated carbocycles. The summed E-state index contributed by atoms with van der Waals surface area (Å²) in [5.74, 6) is 0. The van der Waals surface area contributed by atoms with Gasteiger partial charge in [-0.25, -0.2) is 0 Å². The van der Waals surface area contributed by atoms with E-state index in [1.807, 2.05) is 18.8 Å². The second-order valence-electron chi connectivity index (χ2n) is 5.01. The normalized spacial score (nSPS) is 12.6. The van der Waals surface area contributed by atoms with Crippen molar-refractivity contribution in [2.24, 2.45) is 7.05 Å². The molecule has 0 radical (unpaired) electrons. The van der Waals surface area contributed by atoms with Gasteiger partial charge in [0.1, 0.15) is 0 Å². The number of aryl methyl sites for hydroxylation is 2. The molecule has 1 aromatic carbocycles. The highest BCUT2D eigenvalue weighted by Crippen LogP contribution is 2.30. The van der Waals surface area contributed by atoms with E-state index >= 15 is 0 Å². The minimum Gasteiger partial charge on any atom is -0.313 e. The number of aromatic nitrogens is 2. The summed E-state index contributed by atoms with van der Waals surface area (Å²) >= 11 is 0. The van der Waals surface area contributed by atoms with Crippen LogP contribution in [0.4, 0.5) is 0 Å². The summed E-state index contributed by atoms with van der Waals surface area (Å²) in [4.78, 5) is 0. The van der Waals surface area contributed by atoms with Crippen LogP contribution in [0.3, 0.4) is 0 Å². The molecule has 0 aliphatic carbocycles. The maximum Gasteiger partial charge on any atom is 0.0702 e. The lowest BCUT2D eigenvalue weighted by Crippen LogP contribution is -2.13. The fourth-order valence-corrected chi connectivity index (χ4v) is 2.46. The molecule has 1 N–H and O–H groups in total. The molecule has 1 heterocycles. The molecular weight excluding hydrogens is 234 g/mol. The van der Waals surface area contributed by atoms with Crippen LogP contribution < -0.4 is 5.32 Å². The van der Waals surface area contributed by atoms with Crippen molar-refractivity contribution in [3.8, 4) is 11.1 Å². The summed E-state index contributed by atoms with van der Waals surface area (Å²) < 4.78 is 1.92. The van der Waals surface area contributed by atoms with Crippen molar-refractivity contribution >= 4 is 0 Å². The summed E-state index contributed by atoms with van der Waals surface area (Å²) in [6, 6.07) is 8.93. The van der Waals surface area contributed by atoms with Crippen LogP contribution in [0.2, 0.25) is 0 Å². The maximum absolute atomic E-state index is 4.60. The maximum atomic E-state index is 4.60. The molecule has 0 bridgehead atoms. The minimum absolute atomic E-state index is 0.339. The number of benzene rings is 1. The van der Waals surface area contributed by atoms with Gasteiger partial charge >= 0.3 is 0 Å². The summed E-state index contributed by atoms with van der Waals surface area (Å²) in [6.45, 7) is 4.38. The number of rotatable bonds is 5. The van der Waals surface area contributed by atoms with E-state index in [-0.39, 0.29) is 0 Å². The largest absolute Gasteiger partial charge is 0.313 e. The number of hydrogen-bond acceptors (Lipinski definition) is 2. The minimum atomic E-state index is 0.339. The van der Waals surface area contributed by atoms with Crippen LogP contribution in [-0.2, 0) is 13.5 Å². The molecule has 0 spiro atoms. The van der Waals surface area contributed by atoms with Gasteiger partial charge in [-0.1, -0.05) is 37.6 Å². The molecule has 0 aliphatic rings. The van der Waals surface area contributed by atoms with Gasteiger partial charge in [0.05, 0.1) is 5.69 Å². The zero-order valence-electron chi connectivity index (χ0n) is 12.3. The Bertz CT molecular complexity index is 543. The zero-order chi connectivity index (χ0) is 13.8. The van der Waals surface area contributed by atoms with Crippen molar-refractivity contribution < 1.29 is 0 Å². The first-order chi connectivity index (χ1) is 9.17. The summed E-state index contributed by atoms with van der Waals surface area (Å²) in [5, 5.41) is 7.92. The van der Waals surface area contributed by atoms with Gasteiger partial charge in [-0.3, -0.25) is 4.68 Å². The van der Waals surface area contributed by atoms with Gasteiger partial charge in [0.15, 0.2) is 0 Å². The van der Waals surface area contributed by atoms with E-state index in [1.54, 1.807) is 0 Å². The average Bonchev–Trinajstić information content (AvgIpc) is 2.79. The third-order valence-corrected chi connectivity index (χ3v) is 3.54. The Kier molecular flexibility index (Phi) is 4.38. The van der Waals surface area contributed by atoms with Crippen LogP contribution in [0.1, 0.15) is 37.6 Å². The monoisotopic (exact) mass is 257 g/mol. The highest BCUT2D eigenvalue weighted by Gasteiger charge is 2.15. The van der Waals surface area contributed by atoms with Crippen molar-refractivity contribution in [3.05, 3.63) is 41.7 Å². The van der Waals surface area contributed by atoms with E-state index in [4.69, 9.17) is 0 Å². The second kappa shape index (κ2) is 6.02. The predicted octanol–water partition coefficient (Wildman–Crippen LogP) is 3.32. The molecule has 1 atom stereocenters. The van der Waals surface area contributed by atoms with Gasteiger partial charge in [-0.05, 0) is 31.5 Å². The Labute approximate surface area is 115 Å². The van der Waals surface area contributed by atoms with E-state index in [0.29, 0.717) is 6.04 Å². The topological polar surface area (TPSA) is 29.9 Å². The third-order valence-electron chi connectivity index (χ3n) is 3.54. The van der Waals surface area contributed by atoms with Crippen LogP contribution in [0.5, 0.6) is 0 Å². The first kappa shape index (κ1) is 13.8. The molecule has 0 aliphatic heterocycles. The number of nitrogens with one attached hydrogen (secondary N) is 1. The Balaban J connectivity index is 2.52. The van der Waals surface area contributed by atoms with E-state index in [0.717, 1.165) is 12.8 Å². The Hall–Kier alpha value is -1.61. The van der Waals surface area contributed by atoms with Crippen molar-refractivity contribution in [1.29, 1.82) is 0 Å². The van der Waals surface area contributed by atoms with E-state index in [2.05, 4.69) is 54.7 Å². The van der Waals surface area contributed by atoms with Crippen LogP contribution >= 0.6 is 0 Å². The lowest BCUT2D eigenvalue weighted by Gasteiger charge is -2.15. The van der Waals surface area contributed by atoms with Gasteiger partial charge < -0.3 is 5.32 Å². The molecule has 2 aromatic rings. The molecule has 19 heavy (non-hydrogen) atoms. The van der Waals surface area contributed by atoms with Crippen LogP contribution in [0, 0.1) is 0 Å². The van der Waals surface area contributed by atoms with E-state index in [1.165, 1.54) is 22.4 Å². The average molecular weight is 257 g/mol. The molecule has 3 heteroatoms. The fraction of sp³-hybridized carbons (Fsp3) is 0.438. The molecule has 1 aromatic heterocycles. The van der Waals surface area contributed by atoms with Crippen LogP contribution in [-0.4, -0.2) is 16.8 Å². The van der Waals surface area contributed by atoms with Crippen molar-refractivity contribution in [3.63, 3.8) is 0 Å². The Morgan fingerprint density at radius 2 is 2.00 bits per heavy atom. The quantitative estimate of drug-likeness (QED) is 0.890. The van der Waals surface area contributed by atoms with Crippen molar-refractivity contribution in [2.75, 3.05) is 7.05 Å². The van der Waals surface area contributed by atoms with Crippen LogP contribution in [0.25, 0.3) is 11.1 Å². The lowest BCUT2D eigenvalue weighted by atomic mass is 9.95. The first-order valence-corrected chi connectivity index (χ1v) is 6.96. The SMILES string of the molecule is CCCc1nn(C)cc1-c1ccccc1C(C)NC. The highest BCUT2D eigenvalue weighted by atomic mass is 15.2. The second-order valence-corrected chi connectivity index (χ2v) is 5.01. The summed E-state index contributed by atoms with van der Waals surface area (Å²) in [5.41, 5.74) is 5.08. The Morgan fingerprint density at radius 1 is 1.26 bits per heavy atom. The number of hydrogen-bond donors (Lipinski definition) is 1. The summed E-state index contributed by atoms with van der Waals surface area (Å²) in [6.07, 6.45) is 4.28. The highest BCUT2D eigenvalue weighted by molar-refractivity contribution is 5.69. The Morgan fingerprint density at radius 3 is 2.68 bits per heavy atom. The molecule has 0 amide bonds. The van der Waals surface area contributed by atoms with Gasteiger partial charge in [-0.15, -0.1) is 0 Å². The molecule has 3 nitrogen and oxygen atoms in total. The van der Waals surface area contributed by atoms with Crippen molar-refractivity contribution in [1.82, 2.24) is 15.1 Å². The van der Waals surface area contributed by atoms with Crippen molar-refractivity contribution in [2.45, 2.75) is 32.7 Å². The van der Waals surface area contributed by atoms with Crippen LogP contribution in [0.15, 0.2) is 30.5 Å². The predicted molar refractivity (Wildman–Crippen MR) is 80.1 cm³/mol. The molecule has 0 saturated heterocycles. The number of nitrogens with zero attached hydrogens (tertiary/aromatic N) is 2. The summed E-state index contributed by atoms with van der Waals surface area (Å²) in [7, 11) is 3.99. The molecule has 102 valence electrons. The molecule has 1 unspecified atom stereocenters. The van der Waals surface area contributed by atoms with Gasteiger partial charge in [-0.2, -0.15) is 5.10 Å². The molecular formula is C16H23N3. The standard InChI is InChI=1S/C16H23N3/c1-5-8-16-15(11-19(4)18-16)14-10-7-6-9-13(14)12(2)17-3/h6-7,9-12,17H,5,8H2,1-4H3. The van der Waals surface area contributed by atoms with E-state index < -0.39 is 0 Å².